The lowest BCUT2D eigenvalue weighted by atomic mass is 10.00. The van der Waals surface area contributed by atoms with Crippen LogP contribution in [0.4, 0.5) is 0 Å². The van der Waals surface area contributed by atoms with Crippen LogP contribution in [0.2, 0.25) is 0 Å². The van der Waals surface area contributed by atoms with E-state index >= 15 is 0 Å². The van der Waals surface area contributed by atoms with Gasteiger partial charge in [-0.1, -0.05) is 350 Å². The van der Waals surface area contributed by atoms with Crippen LogP contribution in [-0.4, -0.2) is 96.7 Å². The van der Waals surface area contributed by atoms with Crippen LogP contribution in [0.1, 0.15) is 401 Å². The van der Waals surface area contributed by atoms with Crippen LogP contribution in [0.15, 0.2) is 0 Å². The summed E-state index contributed by atoms with van der Waals surface area (Å²) in [6.45, 7) is 9.60. The van der Waals surface area contributed by atoms with Crippen molar-refractivity contribution in [2.45, 2.75) is 419 Å². The van der Waals surface area contributed by atoms with E-state index in [1.54, 1.807) is 0 Å². The van der Waals surface area contributed by atoms with E-state index in [1.165, 1.54) is 212 Å². The molecule has 0 heterocycles. The Morgan fingerprint density at radius 2 is 0.531 bits per heavy atom. The van der Waals surface area contributed by atoms with E-state index in [4.69, 9.17) is 37.0 Å². The Hall–Kier alpha value is -1.94. The van der Waals surface area contributed by atoms with Gasteiger partial charge in [-0.25, -0.2) is 9.13 Å². The standard InChI is InChI=1S/C77H150O17P2/c1-7-10-12-14-16-18-20-22-28-32-36-40-47-53-59-74(79)87-65-72(93-76(81)62-56-50-42-38-34-30-26-24-25-27-31-35-39-45-51-57-69(4)5)67-91-95(83,84)89-63-71(78)64-90-96(85,86)92-68-73(66-88-75(80)60-54-48-44-43-46-52-58-70(6)9-3)94-77(82)61-55-49-41-37-33-29-23-21-19-17-15-13-11-8-2/h69-73,78H,7-68H2,1-6H3,(H,83,84)(H,85,86)/t70?,71-,72-,73-/m1/s1. The third-order valence-electron chi connectivity index (χ3n) is 18.3. The van der Waals surface area contributed by atoms with E-state index in [9.17, 15) is 43.2 Å². The summed E-state index contributed by atoms with van der Waals surface area (Å²) >= 11 is 0. The summed E-state index contributed by atoms with van der Waals surface area (Å²) in [5.74, 6) is -0.579. The van der Waals surface area contributed by atoms with E-state index in [-0.39, 0.29) is 25.7 Å². The maximum Gasteiger partial charge on any atom is 0.472 e. The summed E-state index contributed by atoms with van der Waals surface area (Å²) in [6, 6.07) is 0. The molecule has 0 aliphatic carbocycles. The average molecular weight is 1410 g/mol. The summed E-state index contributed by atoms with van der Waals surface area (Å²) in [5.41, 5.74) is 0. The number of aliphatic hydroxyl groups excluding tert-OH is 1. The molecule has 17 nitrogen and oxygen atoms in total. The second kappa shape index (κ2) is 68.8. The monoisotopic (exact) mass is 1410 g/mol. The fourth-order valence-electron chi connectivity index (χ4n) is 11.8. The van der Waals surface area contributed by atoms with Crippen LogP contribution < -0.4 is 0 Å². The molecule has 6 atom stereocenters. The van der Waals surface area contributed by atoms with Gasteiger partial charge < -0.3 is 33.8 Å². The third kappa shape index (κ3) is 69.2. The maximum atomic E-state index is 13.1. The molecule has 0 aliphatic heterocycles. The van der Waals surface area contributed by atoms with E-state index in [2.05, 4.69) is 41.5 Å². The first-order valence-electron chi connectivity index (χ1n) is 40.0. The predicted molar refractivity (Wildman–Crippen MR) is 391 cm³/mol. The van der Waals surface area contributed by atoms with Gasteiger partial charge in [-0.15, -0.1) is 0 Å². The molecule has 0 fully saturated rings. The highest BCUT2D eigenvalue weighted by atomic mass is 31.2. The van der Waals surface area contributed by atoms with Gasteiger partial charge in [-0.05, 0) is 37.5 Å². The molecule has 0 radical (unpaired) electrons. The van der Waals surface area contributed by atoms with Crippen LogP contribution in [0.25, 0.3) is 0 Å². The Kier molecular flexibility index (Phi) is 67.4. The second-order valence-electron chi connectivity index (χ2n) is 28.5. The first kappa shape index (κ1) is 94.1. The van der Waals surface area contributed by atoms with E-state index < -0.39 is 97.5 Å². The fourth-order valence-corrected chi connectivity index (χ4v) is 13.4. The highest BCUT2D eigenvalue weighted by Gasteiger charge is 2.30. The quantitative estimate of drug-likeness (QED) is 0.0222. The van der Waals surface area contributed by atoms with Gasteiger partial charge in [0.2, 0.25) is 0 Å². The van der Waals surface area contributed by atoms with Gasteiger partial charge in [-0.3, -0.25) is 37.3 Å². The molecular weight excluding hydrogens is 1260 g/mol. The van der Waals surface area contributed by atoms with Crippen molar-refractivity contribution in [2.75, 3.05) is 39.6 Å². The molecule has 0 bridgehead atoms. The predicted octanol–water partition coefficient (Wildman–Crippen LogP) is 22.7. The number of rotatable bonds is 76. The molecule has 0 aromatic carbocycles. The number of hydrogen-bond acceptors (Lipinski definition) is 15. The van der Waals surface area contributed by atoms with E-state index in [0.29, 0.717) is 25.7 Å². The van der Waals surface area contributed by atoms with Crippen LogP contribution in [0.5, 0.6) is 0 Å². The van der Waals surface area contributed by atoms with Crippen LogP contribution in [0.3, 0.4) is 0 Å². The van der Waals surface area contributed by atoms with Gasteiger partial charge in [0.1, 0.15) is 19.3 Å². The summed E-state index contributed by atoms with van der Waals surface area (Å²) in [7, 11) is -9.91. The van der Waals surface area contributed by atoms with Crippen molar-refractivity contribution >= 4 is 39.5 Å². The molecule has 96 heavy (non-hydrogen) atoms. The van der Waals surface area contributed by atoms with E-state index in [0.717, 1.165) is 108 Å². The van der Waals surface area contributed by atoms with Crippen LogP contribution >= 0.6 is 15.6 Å². The summed E-state index contributed by atoms with van der Waals surface area (Å²) in [6.07, 6.45) is 56.8. The van der Waals surface area contributed by atoms with Gasteiger partial charge in [0, 0.05) is 25.7 Å². The molecule has 0 aliphatic rings. The summed E-state index contributed by atoms with van der Waals surface area (Å²) in [5, 5.41) is 10.6. The molecule has 19 heteroatoms. The van der Waals surface area contributed by atoms with Gasteiger partial charge in [0.25, 0.3) is 0 Å². The molecule has 0 spiro atoms. The van der Waals surface area contributed by atoms with Crippen molar-refractivity contribution in [3.63, 3.8) is 0 Å². The lowest BCUT2D eigenvalue weighted by Crippen LogP contribution is -2.30. The second-order valence-corrected chi connectivity index (χ2v) is 31.4. The minimum atomic E-state index is -4.96. The number of aliphatic hydroxyl groups is 1. The largest absolute Gasteiger partial charge is 0.472 e. The number of carbonyl (C=O) groups excluding carboxylic acids is 4. The van der Waals surface area contributed by atoms with Crippen molar-refractivity contribution < 1.29 is 80.2 Å². The van der Waals surface area contributed by atoms with Gasteiger partial charge in [0.15, 0.2) is 12.2 Å². The first-order chi connectivity index (χ1) is 46.4. The minimum Gasteiger partial charge on any atom is -0.462 e. The Bertz CT molecular complexity index is 1860. The maximum absolute atomic E-state index is 13.1. The van der Waals surface area contributed by atoms with Crippen LogP contribution in [-0.2, 0) is 65.4 Å². The van der Waals surface area contributed by atoms with Crippen molar-refractivity contribution in [3.05, 3.63) is 0 Å². The number of ether oxygens (including phenoxy) is 4. The average Bonchev–Trinajstić information content (AvgIpc) is 1.40. The molecule has 570 valence electrons. The van der Waals surface area contributed by atoms with E-state index in [1.807, 2.05) is 0 Å². The van der Waals surface area contributed by atoms with Crippen molar-refractivity contribution in [2.24, 2.45) is 11.8 Å². The lowest BCUT2D eigenvalue weighted by molar-refractivity contribution is -0.161. The number of hydrogen-bond donors (Lipinski definition) is 3. The Morgan fingerprint density at radius 1 is 0.302 bits per heavy atom. The molecule has 0 rings (SSSR count). The minimum absolute atomic E-state index is 0.107. The SMILES string of the molecule is CCCCCCCCCCCCCCCCC(=O)OC[C@H](COP(=O)(O)OC[C@@H](O)COP(=O)(O)OC[C@@H](COC(=O)CCCCCCCCC(C)CC)OC(=O)CCCCCCCCCCCCCCCC)OC(=O)CCCCCCCCCCCCCCCCCC(C)C. The van der Waals surface area contributed by atoms with Gasteiger partial charge >= 0.3 is 39.5 Å². The molecular formula is C77H150O17P2. The summed E-state index contributed by atoms with van der Waals surface area (Å²) in [4.78, 5) is 72.9. The molecule has 0 saturated heterocycles. The molecule has 0 saturated carbocycles. The normalized spacial score (nSPS) is 14.3. The molecule has 0 amide bonds. The van der Waals surface area contributed by atoms with Crippen molar-refractivity contribution in [1.29, 1.82) is 0 Å². The first-order valence-corrected chi connectivity index (χ1v) is 43.0. The number of carbonyl (C=O) groups is 4. The molecule has 0 aromatic heterocycles. The Balaban J connectivity index is 5.25. The zero-order chi connectivity index (χ0) is 70.7. The zero-order valence-electron chi connectivity index (χ0n) is 62.7. The number of esters is 4. The van der Waals surface area contributed by atoms with Gasteiger partial charge in [-0.2, -0.15) is 0 Å². The number of phosphoric acid groups is 2. The highest BCUT2D eigenvalue weighted by molar-refractivity contribution is 7.47. The smallest absolute Gasteiger partial charge is 0.462 e. The molecule has 0 aromatic rings. The third-order valence-corrected chi connectivity index (χ3v) is 20.2. The van der Waals surface area contributed by atoms with Crippen LogP contribution in [0, 0.1) is 11.8 Å². The molecule has 3 N–H and O–H groups in total. The molecule has 3 unspecified atom stereocenters. The van der Waals surface area contributed by atoms with Gasteiger partial charge in [0.05, 0.1) is 26.4 Å². The topological polar surface area (TPSA) is 237 Å². The summed E-state index contributed by atoms with van der Waals surface area (Å²) < 4.78 is 68.6. The Labute approximate surface area is 588 Å². The fraction of sp³-hybridized carbons (Fsp3) is 0.948. The Morgan fingerprint density at radius 3 is 0.792 bits per heavy atom. The lowest BCUT2D eigenvalue weighted by Gasteiger charge is -2.21. The van der Waals surface area contributed by atoms with Crippen molar-refractivity contribution in [3.8, 4) is 0 Å². The van der Waals surface area contributed by atoms with Crippen molar-refractivity contribution in [1.82, 2.24) is 0 Å². The number of phosphoric ester groups is 2. The zero-order valence-corrected chi connectivity index (χ0v) is 64.5. The highest BCUT2D eigenvalue weighted by Crippen LogP contribution is 2.45. The number of unbranched alkanes of at least 4 members (excludes halogenated alkanes) is 45.